The Hall–Kier alpha value is -1.11. The summed E-state index contributed by atoms with van der Waals surface area (Å²) in [6, 6.07) is 4.23. The molecule has 0 N–H and O–H groups in total. The summed E-state index contributed by atoms with van der Waals surface area (Å²) in [4.78, 5) is 17.8. The number of fused-ring (bicyclic) bond motifs is 1. The molecule has 0 radical (unpaired) electrons. The molecule has 1 aliphatic rings. The van der Waals surface area contributed by atoms with Crippen LogP contribution >= 0.6 is 22.6 Å². The maximum absolute atomic E-state index is 11.6. The number of likely N-dealkylation sites (tertiary alicyclic amines) is 1. The van der Waals surface area contributed by atoms with Crippen LogP contribution in [0.3, 0.4) is 0 Å². The third kappa shape index (κ3) is 1.72. The first-order valence-electron chi connectivity index (χ1n) is 5.52. The van der Waals surface area contributed by atoms with Crippen molar-refractivity contribution in [1.29, 1.82) is 0 Å². The number of nitrogens with zero attached hydrogens (tertiary/aromatic N) is 3. The van der Waals surface area contributed by atoms with Crippen molar-refractivity contribution in [2.45, 2.75) is 12.5 Å². The van der Waals surface area contributed by atoms with Crippen molar-refractivity contribution in [3.63, 3.8) is 0 Å². The number of carbonyl (C=O) groups is 1. The molecule has 5 heteroatoms. The first-order valence-corrected chi connectivity index (χ1v) is 6.59. The van der Waals surface area contributed by atoms with E-state index in [4.69, 9.17) is 0 Å². The molecule has 0 saturated carbocycles. The van der Waals surface area contributed by atoms with Gasteiger partial charge in [0.15, 0.2) is 0 Å². The second kappa shape index (κ2) is 3.97. The molecule has 88 valence electrons. The van der Waals surface area contributed by atoms with E-state index in [9.17, 15) is 4.79 Å². The predicted molar refractivity (Wildman–Crippen MR) is 73.7 cm³/mol. The van der Waals surface area contributed by atoms with Gasteiger partial charge in [0, 0.05) is 41.4 Å². The maximum atomic E-state index is 11.6. The molecule has 1 aliphatic heterocycles. The summed E-state index contributed by atoms with van der Waals surface area (Å²) >= 11 is 2.32. The monoisotopic (exact) mass is 341 g/mol. The van der Waals surface area contributed by atoms with Crippen LogP contribution in [-0.2, 0) is 4.79 Å². The molecule has 2 aromatic rings. The van der Waals surface area contributed by atoms with Crippen LogP contribution in [0.25, 0.3) is 11.0 Å². The SMILES string of the molecule is CN1CC(n2cc(I)c3cccnc32)CC1=O. The number of halogens is 1. The summed E-state index contributed by atoms with van der Waals surface area (Å²) < 4.78 is 3.33. The quantitative estimate of drug-likeness (QED) is 0.745. The summed E-state index contributed by atoms with van der Waals surface area (Å²) in [5, 5.41) is 1.16. The van der Waals surface area contributed by atoms with Gasteiger partial charge in [-0.1, -0.05) is 0 Å². The zero-order valence-corrected chi connectivity index (χ0v) is 11.6. The Morgan fingerprint density at radius 1 is 1.53 bits per heavy atom. The molecular weight excluding hydrogens is 329 g/mol. The minimum Gasteiger partial charge on any atom is -0.344 e. The third-order valence-corrected chi connectivity index (χ3v) is 4.11. The van der Waals surface area contributed by atoms with Gasteiger partial charge in [-0.3, -0.25) is 4.79 Å². The van der Waals surface area contributed by atoms with Crippen molar-refractivity contribution >= 4 is 39.5 Å². The first kappa shape index (κ1) is 11.0. The topological polar surface area (TPSA) is 38.1 Å². The van der Waals surface area contributed by atoms with Gasteiger partial charge >= 0.3 is 0 Å². The number of hydrogen-bond donors (Lipinski definition) is 0. The van der Waals surface area contributed by atoms with Crippen LogP contribution in [0.15, 0.2) is 24.5 Å². The lowest BCUT2D eigenvalue weighted by Crippen LogP contribution is -2.19. The molecule has 0 bridgehead atoms. The maximum Gasteiger partial charge on any atom is 0.224 e. The number of carbonyl (C=O) groups excluding carboxylic acids is 1. The molecule has 0 aromatic carbocycles. The average Bonchev–Trinajstić information content (AvgIpc) is 2.82. The van der Waals surface area contributed by atoms with Gasteiger partial charge < -0.3 is 9.47 Å². The van der Waals surface area contributed by atoms with Crippen molar-refractivity contribution in [2.75, 3.05) is 13.6 Å². The van der Waals surface area contributed by atoms with E-state index in [0.717, 1.165) is 17.6 Å². The van der Waals surface area contributed by atoms with Crippen molar-refractivity contribution in [2.24, 2.45) is 0 Å². The molecule has 3 heterocycles. The molecule has 2 aromatic heterocycles. The molecule has 1 fully saturated rings. The molecule has 1 amide bonds. The first-order chi connectivity index (χ1) is 8.16. The summed E-state index contributed by atoms with van der Waals surface area (Å²) in [6.07, 6.45) is 4.47. The van der Waals surface area contributed by atoms with Gasteiger partial charge in [0.25, 0.3) is 0 Å². The largest absolute Gasteiger partial charge is 0.344 e. The van der Waals surface area contributed by atoms with Crippen LogP contribution in [0.4, 0.5) is 0 Å². The number of likely N-dealkylation sites (N-methyl/N-ethyl adjacent to an activating group) is 1. The van der Waals surface area contributed by atoms with E-state index in [1.165, 1.54) is 3.57 Å². The van der Waals surface area contributed by atoms with E-state index < -0.39 is 0 Å². The minimum absolute atomic E-state index is 0.211. The Balaban J connectivity index is 2.09. The molecule has 17 heavy (non-hydrogen) atoms. The van der Waals surface area contributed by atoms with Gasteiger partial charge in [-0.15, -0.1) is 0 Å². The molecule has 0 aliphatic carbocycles. The highest BCUT2D eigenvalue weighted by Gasteiger charge is 2.29. The zero-order valence-electron chi connectivity index (χ0n) is 9.43. The highest BCUT2D eigenvalue weighted by molar-refractivity contribution is 14.1. The molecular formula is C12H12IN3O. The van der Waals surface area contributed by atoms with Crippen molar-refractivity contribution in [1.82, 2.24) is 14.5 Å². The van der Waals surface area contributed by atoms with Gasteiger partial charge in [0.05, 0.1) is 6.04 Å². The van der Waals surface area contributed by atoms with E-state index in [2.05, 4.69) is 44.4 Å². The van der Waals surface area contributed by atoms with Crippen molar-refractivity contribution < 1.29 is 4.79 Å². The molecule has 0 spiro atoms. The molecule has 1 unspecified atom stereocenters. The Labute approximate surface area is 113 Å². The van der Waals surface area contributed by atoms with E-state index in [1.807, 2.05) is 13.1 Å². The Bertz CT molecular complexity index is 592. The predicted octanol–water partition coefficient (Wildman–Crippen LogP) is 2.04. The van der Waals surface area contributed by atoms with Gasteiger partial charge in [0.2, 0.25) is 5.91 Å². The number of rotatable bonds is 1. The number of aromatic nitrogens is 2. The van der Waals surface area contributed by atoms with Crippen LogP contribution in [0.1, 0.15) is 12.5 Å². The van der Waals surface area contributed by atoms with Crippen molar-refractivity contribution in [3.8, 4) is 0 Å². The molecule has 3 rings (SSSR count). The van der Waals surface area contributed by atoms with Crippen molar-refractivity contribution in [3.05, 3.63) is 28.1 Å². The normalized spacial score (nSPS) is 20.5. The van der Waals surface area contributed by atoms with E-state index in [0.29, 0.717) is 6.42 Å². The van der Waals surface area contributed by atoms with Gasteiger partial charge in [-0.05, 0) is 34.7 Å². The van der Waals surface area contributed by atoms with Gasteiger partial charge in [-0.2, -0.15) is 0 Å². The molecule has 4 nitrogen and oxygen atoms in total. The highest BCUT2D eigenvalue weighted by atomic mass is 127. The lowest BCUT2D eigenvalue weighted by Gasteiger charge is -2.12. The lowest BCUT2D eigenvalue weighted by atomic mass is 10.2. The number of amides is 1. The van der Waals surface area contributed by atoms with Crippen LogP contribution in [-0.4, -0.2) is 34.0 Å². The standard InChI is InChI=1S/C12H12IN3O/c1-15-6-8(5-11(15)17)16-7-10(13)9-3-2-4-14-12(9)16/h2-4,7-8H,5-6H2,1H3. The van der Waals surface area contributed by atoms with Crippen LogP contribution < -0.4 is 0 Å². The Kier molecular flexibility index (Phi) is 2.57. The van der Waals surface area contributed by atoms with E-state index >= 15 is 0 Å². The lowest BCUT2D eigenvalue weighted by molar-refractivity contribution is -0.126. The zero-order chi connectivity index (χ0) is 12.0. The van der Waals surface area contributed by atoms with Gasteiger partial charge in [-0.25, -0.2) is 4.98 Å². The number of pyridine rings is 1. The fourth-order valence-corrected chi connectivity index (χ4v) is 3.07. The highest BCUT2D eigenvalue weighted by Crippen LogP contribution is 2.29. The van der Waals surface area contributed by atoms with Crippen LogP contribution in [0.2, 0.25) is 0 Å². The second-order valence-electron chi connectivity index (χ2n) is 4.39. The van der Waals surface area contributed by atoms with Crippen LogP contribution in [0, 0.1) is 3.57 Å². The Morgan fingerprint density at radius 2 is 2.35 bits per heavy atom. The summed E-state index contributed by atoms with van der Waals surface area (Å²) in [7, 11) is 1.85. The van der Waals surface area contributed by atoms with E-state index in [1.54, 1.807) is 11.1 Å². The van der Waals surface area contributed by atoms with Crippen LogP contribution in [0.5, 0.6) is 0 Å². The minimum atomic E-state index is 0.211. The summed E-state index contributed by atoms with van der Waals surface area (Å²) in [5.74, 6) is 0.211. The van der Waals surface area contributed by atoms with Gasteiger partial charge in [0.1, 0.15) is 5.65 Å². The van der Waals surface area contributed by atoms with E-state index in [-0.39, 0.29) is 11.9 Å². The fourth-order valence-electron chi connectivity index (χ4n) is 2.35. The number of hydrogen-bond acceptors (Lipinski definition) is 2. The summed E-state index contributed by atoms with van der Waals surface area (Å²) in [5.41, 5.74) is 0.977. The fraction of sp³-hybridized carbons (Fsp3) is 0.333. The summed E-state index contributed by atoms with van der Waals surface area (Å²) in [6.45, 7) is 0.773. The second-order valence-corrected chi connectivity index (χ2v) is 5.55. The molecule has 1 atom stereocenters. The average molecular weight is 341 g/mol. The smallest absolute Gasteiger partial charge is 0.224 e. The Morgan fingerprint density at radius 3 is 3.06 bits per heavy atom. The third-order valence-electron chi connectivity index (χ3n) is 3.25. The molecule has 1 saturated heterocycles.